The second kappa shape index (κ2) is 10.2. The van der Waals surface area contributed by atoms with Crippen molar-refractivity contribution < 1.29 is 27.8 Å². The Morgan fingerprint density at radius 3 is 2.75 bits per heavy atom. The summed E-state index contributed by atoms with van der Waals surface area (Å²) in [5, 5.41) is 9.71. The van der Waals surface area contributed by atoms with E-state index in [2.05, 4.69) is 11.8 Å². The van der Waals surface area contributed by atoms with Crippen molar-refractivity contribution >= 4 is 15.9 Å². The zero-order valence-corrected chi connectivity index (χ0v) is 19.9. The average molecular weight is 465 g/mol. The van der Waals surface area contributed by atoms with Crippen LogP contribution in [-0.4, -0.2) is 81.2 Å². The van der Waals surface area contributed by atoms with Gasteiger partial charge < -0.3 is 19.5 Å². The first-order valence-electron chi connectivity index (χ1n) is 10.8. The number of rotatable bonds is 6. The van der Waals surface area contributed by atoms with Crippen molar-refractivity contribution in [1.29, 1.82) is 0 Å². The Bertz CT molecular complexity index is 995. The highest BCUT2D eigenvalue weighted by Crippen LogP contribution is 2.35. The Balaban J connectivity index is 2.01. The summed E-state index contributed by atoms with van der Waals surface area (Å²) in [5.74, 6) is 5.97. The molecule has 1 amide bonds. The van der Waals surface area contributed by atoms with E-state index in [1.54, 1.807) is 38.1 Å². The summed E-state index contributed by atoms with van der Waals surface area (Å²) >= 11 is 0. The first-order chi connectivity index (χ1) is 15.2. The van der Waals surface area contributed by atoms with E-state index in [0.717, 1.165) is 12.8 Å². The minimum atomic E-state index is -3.91. The van der Waals surface area contributed by atoms with Crippen LogP contribution in [0.5, 0.6) is 5.75 Å². The minimum Gasteiger partial charge on any atom is -0.487 e. The molecule has 1 N–H and O–H groups in total. The maximum atomic E-state index is 13.4. The maximum Gasteiger partial charge on any atom is 0.247 e. The van der Waals surface area contributed by atoms with Crippen molar-refractivity contribution in [2.24, 2.45) is 11.8 Å². The van der Waals surface area contributed by atoms with Crippen molar-refractivity contribution in [3.63, 3.8) is 0 Å². The van der Waals surface area contributed by atoms with E-state index in [1.165, 1.54) is 10.4 Å². The van der Waals surface area contributed by atoms with Crippen molar-refractivity contribution in [2.45, 2.75) is 43.7 Å². The molecule has 176 valence electrons. The van der Waals surface area contributed by atoms with Crippen LogP contribution in [-0.2, 0) is 19.6 Å². The molecule has 32 heavy (non-hydrogen) atoms. The summed E-state index contributed by atoms with van der Waals surface area (Å²) < 4.78 is 39.4. The predicted octanol–water partition coefficient (Wildman–Crippen LogP) is 1.32. The third kappa shape index (κ3) is 5.44. The molecule has 1 fully saturated rings. The summed E-state index contributed by atoms with van der Waals surface area (Å²) in [5.41, 5.74) is 0.604. The van der Waals surface area contributed by atoms with E-state index in [9.17, 15) is 18.3 Å². The van der Waals surface area contributed by atoms with E-state index in [1.807, 2.05) is 6.92 Å². The molecule has 1 aromatic rings. The molecule has 0 radical (unpaired) electrons. The quantitative estimate of drug-likeness (QED) is 0.638. The van der Waals surface area contributed by atoms with Crippen LogP contribution in [0.3, 0.4) is 0 Å². The summed E-state index contributed by atoms with van der Waals surface area (Å²) in [6.45, 7) is 4.06. The lowest BCUT2D eigenvalue weighted by Crippen LogP contribution is -2.50. The molecule has 9 heteroatoms. The molecular weight excluding hydrogens is 432 g/mol. The van der Waals surface area contributed by atoms with E-state index < -0.39 is 22.2 Å². The second-order valence-electron chi connectivity index (χ2n) is 8.63. The molecule has 1 aliphatic carbocycles. The number of carbonyl (C=O) groups is 1. The van der Waals surface area contributed by atoms with Gasteiger partial charge in [0.2, 0.25) is 15.9 Å². The van der Waals surface area contributed by atoms with E-state index in [0.29, 0.717) is 12.1 Å². The standard InChI is InChI=1S/C23H32N2O6S/c1-16-13-25(17(2)15-26)32(28,29)22-10-7-18(6-5-11-30-4)12-20(22)31-21(16)14-24(3)23(27)19-8-9-19/h7,10,12,16-17,19,21,26H,8-9,11,13-15H2,1-4H3/t16-,17-,21-/m1/s1. The summed E-state index contributed by atoms with van der Waals surface area (Å²) in [4.78, 5) is 14.2. The highest BCUT2D eigenvalue weighted by atomic mass is 32.2. The normalized spacial score (nSPS) is 23.5. The van der Waals surface area contributed by atoms with Crippen molar-refractivity contribution in [2.75, 3.05) is 40.5 Å². The number of nitrogens with zero attached hydrogens (tertiary/aromatic N) is 2. The zero-order chi connectivity index (χ0) is 23.5. The first kappa shape index (κ1) is 24.5. The lowest BCUT2D eigenvalue weighted by molar-refractivity contribution is -0.132. The van der Waals surface area contributed by atoms with Crippen molar-refractivity contribution in [3.05, 3.63) is 23.8 Å². The molecule has 1 aromatic carbocycles. The number of hydrogen-bond acceptors (Lipinski definition) is 6. The smallest absolute Gasteiger partial charge is 0.247 e. The number of benzene rings is 1. The molecule has 3 atom stereocenters. The fourth-order valence-corrected chi connectivity index (χ4v) is 5.56. The van der Waals surface area contributed by atoms with Gasteiger partial charge in [0.25, 0.3) is 0 Å². The van der Waals surface area contributed by atoms with Gasteiger partial charge in [-0.3, -0.25) is 4.79 Å². The first-order valence-corrected chi connectivity index (χ1v) is 12.3. The molecule has 3 rings (SSSR count). The lowest BCUT2D eigenvalue weighted by Gasteiger charge is -2.37. The van der Waals surface area contributed by atoms with E-state index >= 15 is 0 Å². The Labute approximate surface area is 190 Å². The van der Waals surface area contributed by atoms with Crippen LogP contribution < -0.4 is 4.74 Å². The molecule has 2 aliphatic rings. The molecule has 1 aliphatic heterocycles. The molecule has 0 bridgehead atoms. The Morgan fingerprint density at radius 2 is 2.12 bits per heavy atom. The van der Waals surface area contributed by atoms with Gasteiger partial charge in [-0.2, -0.15) is 4.31 Å². The van der Waals surface area contributed by atoms with Crippen LogP contribution in [0.4, 0.5) is 0 Å². The molecule has 0 aromatic heterocycles. The summed E-state index contributed by atoms with van der Waals surface area (Å²) in [7, 11) is -0.599. The average Bonchev–Trinajstić information content (AvgIpc) is 3.60. The molecule has 8 nitrogen and oxygen atoms in total. The topological polar surface area (TPSA) is 96.4 Å². The second-order valence-corrected chi connectivity index (χ2v) is 10.5. The number of amides is 1. The third-order valence-electron chi connectivity index (χ3n) is 5.87. The van der Waals surface area contributed by atoms with Gasteiger partial charge in [0.05, 0.1) is 13.2 Å². The number of hydrogen-bond donors (Lipinski definition) is 1. The molecule has 0 spiro atoms. The van der Waals surface area contributed by atoms with Crippen molar-refractivity contribution in [1.82, 2.24) is 9.21 Å². The van der Waals surface area contributed by atoms with Gasteiger partial charge in [-0.25, -0.2) is 8.42 Å². The van der Waals surface area contributed by atoms with Gasteiger partial charge in [0.1, 0.15) is 23.4 Å². The van der Waals surface area contributed by atoms with Gasteiger partial charge in [-0.1, -0.05) is 18.8 Å². The van der Waals surface area contributed by atoms with Crippen molar-refractivity contribution in [3.8, 4) is 17.6 Å². The Hall–Kier alpha value is -2.12. The molecule has 1 heterocycles. The molecule has 1 saturated carbocycles. The van der Waals surface area contributed by atoms with Crippen LogP contribution in [0.25, 0.3) is 0 Å². The summed E-state index contributed by atoms with van der Waals surface area (Å²) in [6.07, 6.45) is 1.40. The van der Waals surface area contributed by atoms with Crippen LogP contribution in [0.2, 0.25) is 0 Å². The fourth-order valence-electron chi connectivity index (χ4n) is 3.73. The summed E-state index contributed by atoms with van der Waals surface area (Å²) in [6, 6.07) is 4.14. The molecule has 0 unspecified atom stereocenters. The van der Waals surface area contributed by atoms with Crippen LogP contribution in [0, 0.1) is 23.7 Å². The van der Waals surface area contributed by atoms with Crippen LogP contribution >= 0.6 is 0 Å². The molecular formula is C23H32N2O6S. The van der Waals surface area contributed by atoms with Gasteiger partial charge in [-0.15, -0.1) is 0 Å². The SMILES string of the molecule is COCC#Cc1ccc2c(c1)O[C@H](CN(C)C(=O)C1CC1)[C@H](C)CN([C@H](C)CO)S2(=O)=O. The Morgan fingerprint density at radius 1 is 1.41 bits per heavy atom. The fraction of sp³-hybridized carbons (Fsp3) is 0.609. The number of carbonyl (C=O) groups excluding carboxylic acids is 1. The number of sulfonamides is 1. The van der Waals surface area contributed by atoms with E-state index in [-0.39, 0.29) is 48.1 Å². The van der Waals surface area contributed by atoms with Gasteiger partial charge in [0, 0.05) is 44.1 Å². The minimum absolute atomic E-state index is 0.0307. The number of aliphatic hydroxyl groups is 1. The Kier molecular flexibility index (Phi) is 7.83. The van der Waals surface area contributed by atoms with Gasteiger partial charge in [0.15, 0.2) is 0 Å². The van der Waals surface area contributed by atoms with Crippen LogP contribution in [0.15, 0.2) is 23.1 Å². The highest BCUT2D eigenvalue weighted by Gasteiger charge is 2.39. The van der Waals surface area contributed by atoms with E-state index in [4.69, 9.17) is 9.47 Å². The number of fused-ring (bicyclic) bond motifs is 1. The largest absolute Gasteiger partial charge is 0.487 e. The monoisotopic (exact) mass is 464 g/mol. The number of aliphatic hydroxyl groups excluding tert-OH is 1. The number of likely N-dealkylation sites (N-methyl/N-ethyl adjacent to an activating group) is 1. The predicted molar refractivity (Wildman–Crippen MR) is 120 cm³/mol. The number of ether oxygens (including phenoxy) is 2. The van der Waals surface area contributed by atoms with Crippen LogP contribution in [0.1, 0.15) is 32.3 Å². The molecule has 0 saturated heterocycles. The van der Waals surface area contributed by atoms with Gasteiger partial charge >= 0.3 is 0 Å². The maximum absolute atomic E-state index is 13.4. The lowest BCUT2D eigenvalue weighted by atomic mass is 10.0. The number of methoxy groups -OCH3 is 1. The zero-order valence-electron chi connectivity index (χ0n) is 19.1. The van der Waals surface area contributed by atoms with Gasteiger partial charge in [-0.05, 0) is 38.0 Å². The highest BCUT2D eigenvalue weighted by molar-refractivity contribution is 7.89. The third-order valence-corrected chi connectivity index (χ3v) is 7.89.